The lowest BCUT2D eigenvalue weighted by molar-refractivity contribution is 0.106. The van der Waals surface area contributed by atoms with Crippen LogP contribution in [-0.2, 0) is 0 Å². The van der Waals surface area contributed by atoms with Gasteiger partial charge in [-0.1, -0.05) is 52.8 Å². The number of rotatable bonds is 16. The highest BCUT2D eigenvalue weighted by atomic mass is 35.5. The number of halogens is 4. The van der Waals surface area contributed by atoms with Crippen LogP contribution in [0.3, 0.4) is 0 Å². The minimum absolute atomic E-state index is 0.0129. The van der Waals surface area contributed by atoms with E-state index in [4.69, 9.17) is 55.9 Å². The van der Waals surface area contributed by atoms with E-state index in [9.17, 15) is 20.7 Å². The Morgan fingerprint density at radius 1 is 0.703 bits per heavy atom. The highest BCUT2D eigenvalue weighted by molar-refractivity contribution is 6.36. The Kier molecular flexibility index (Phi) is 14.2. The predicted molar refractivity (Wildman–Crippen MR) is 145 cm³/mol. The largest absolute Gasteiger partial charge is 0.488 e. The van der Waals surface area contributed by atoms with E-state index in [0.29, 0.717) is 23.1 Å². The smallest absolute Gasteiger partial charge is 0.155 e. The zero-order chi connectivity index (χ0) is 27.2. The molecule has 2 aromatic rings. The van der Waals surface area contributed by atoms with Gasteiger partial charge in [0.15, 0.2) is 11.5 Å². The van der Waals surface area contributed by atoms with Gasteiger partial charge in [-0.2, -0.15) is 10.5 Å². The van der Waals surface area contributed by atoms with Gasteiger partial charge >= 0.3 is 0 Å². The standard InChI is InChI=1S/C25H28Cl4N4O4/c26-18-6-16(10-30)24(22(28)8-18)36-14-20(34)12-32-4-2-1-3-5-33-13-21(35)15-37-25-17(11-31)7-19(27)9-23(25)29/h6-9,20-21,32-35H,1-5,12-15H2. The Hall–Kier alpha value is -1.98. The molecule has 37 heavy (non-hydrogen) atoms. The van der Waals surface area contributed by atoms with Crippen molar-refractivity contribution in [2.45, 2.75) is 31.5 Å². The van der Waals surface area contributed by atoms with Crippen molar-refractivity contribution in [2.24, 2.45) is 0 Å². The molecular weight excluding hydrogens is 562 g/mol. The molecule has 0 radical (unpaired) electrons. The van der Waals surface area contributed by atoms with E-state index < -0.39 is 12.2 Å². The van der Waals surface area contributed by atoms with Crippen molar-refractivity contribution in [1.29, 1.82) is 10.5 Å². The summed E-state index contributed by atoms with van der Waals surface area (Å²) in [5.74, 6) is 0.412. The number of nitrogens with zero attached hydrogens (tertiary/aromatic N) is 2. The van der Waals surface area contributed by atoms with Crippen molar-refractivity contribution in [2.75, 3.05) is 39.4 Å². The van der Waals surface area contributed by atoms with Crippen LogP contribution in [0.2, 0.25) is 20.1 Å². The fraction of sp³-hybridized carbons (Fsp3) is 0.440. The molecule has 0 fully saturated rings. The summed E-state index contributed by atoms with van der Waals surface area (Å²) in [5.41, 5.74) is 0.427. The van der Waals surface area contributed by atoms with Crippen molar-refractivity contribution >= 4 is 46.4 Å². The molecule has 200 valence electrons. The third-order valence-electron chi connectivity index (χ3n) is 5.06. The summed E-state index contributed by atoms with van der Waals surface area (Å²) in [5, 5.41) is 46.0. The SMILES string of the molecule is N#Cc1cc(Cl)cc(Cl)c1OCC(O)CNCCCCCNCC(O)COc1c(Cl)cc(Cl)cc1C#N. The van der Waals surface area contributed by atoms with Crippen molar-refractivity contribution in [3.63, 3.8) is 0 Å². The number of benzene rings is 2. The lowest BCUT2D eigenvalue weighted by Crippen LogP contribution is -2.32. The van der Waals surface area contributed by atoms with Crippen LogP contribution in [-0.4, -0.2) is 61.8 Å². The minimum Gasteiger partial charge on any atom is -0.488 e. The Bertz CT molecular complexity index is 1020. The van der Waals surface area contributed by atoms with Crippen LogP contribution >= 0.6 is 46.4 Å². The van der Waals surface area contributed by atoms with Crippen LogP contribution in [0.5, 0.6) is 11.5 Å². The molecule has 0 aliphatic heterocycles. The highest BCUT2D eigenvalue weighted by Crippen LogP contribution is 2.33. The van der Waals surface area contributed by atoms with Crippen molar-refractivity contribution < 1.29 is 19.7 Å². The molecule has 4 N–H and O–H groups in total. The van der Waals surface area contributed by atoms with Crippen LogP contribution in [0.4, 0.5) is 0 Å². The topological polar surface area (TPSA) is 131 Å². The molecule has 0 aliphatic carbocycles. The maximum atomic E-state index is 10.1. The molecule has 2 aromatic carbocycles. The van der Waals surface area contributed by atoms with E-state index >= 15 is 0 Å². The molecular formula is C25H28Cl4N4O4. The molecule has 0 amide bonds. The number of nitriles is 2. The van der Waals surface area contributed by atoms with Crippen LogP contribution < -0.4 is 20.1 Å². The van der Waals surface area contributed by atoms with Gasteiger partial charge in [-0.25, -0.2) is 0 Å². The summed E-state index contributed by atoms with van der Waals surface area (Å²) in [6, 6.07) is 9.83. The number of unbranched alkanes of at least 4 members (excludes halogenated alkanes) is 2. The zero-order valence-electron chi connectivity index (χ0n) is 19.9. The van der Waals surface area contributed by atoms with E-state index in [-0.39, 0.29) is 45.9 Å². The van der Waals surface area contributed by atoms with E-state index in [1.54, 1.807) is 0 Å². The van der Waals surface area contributed by atoms with Gasteiger partial charge in [0.1, 0.15) is 37.6 Å². The first kappa shape index (κ1) is 31.2. The van der Waals surface area contributed by atoms with Gasteiger partial charge in [-0.15, -0.1) is 0 Å². The first-order valence-electron chi connectivity index (χ1n) is 11.6. The molecule has 0 saturated heterocycles. The quantitative estimate of drug-likeness (QED) is 0.209. The number of aliphatic hydroxyl groups is 2. The number of aliphatic hydroxyl groups excluding tert-OH is 2. The van der Waals surface area contributed by atoms with Gasteiger partial charge in [-0.05, 0) is 50.2 Å². The van der Waals surface area contributed by atoms with Crippen LogP contribution in [0.1, 0.15) is 30.4 Å². The summed E-state index contributed by atoms with van der Waals surface area (Å²) >= 11 is 23.9. The first-order chi connectivity index (χ1) is 17.7. The van der Waals surface area contributed by atoms with Gasteiger partial charge in [-0.3, -0.25) is 0 Å². The maximum Gasteiger partial charge on any atom is 0.155 e. The zero-order valence-corrected chi connectivity index (χ0v) is 23.0. The summed E-state index contributed by atoms with van der Waals surface area (Å²) in [6.07, 6.45) is 1.24. The van der Waals surface area contributed by atoms with E-state index in [2.05, 4.69) is 10.6 Å². The normalized spacial score (nSPS) is 12.4. The Morgan fingerprint density at radius 3 is 1.49 bits per heavy atom. The molecule has 2 unspecified atom stereocenters. The van der Waals surface area contributed by atoms with Crippen molar-refractivity contribution in [3.05, 3.63) is 55.5 Å². The monoisotopic (exact) mass is 588 g/mol. The van der Waals surface area contributed by atoms with Crippen LogP contribution in [0.15, 0.2) is 24.3 Å². The lowest BCUT2D eigenvalue weighted by atomic mass is 10.2. The third kappa shape index (κ3) is 11.1. The fourth-order valence-corrected chi connectivity index (χ4v) is 4.37. The minimum atomic E-state index is -0.768. The first-order valence-corrected chi connectivity index (χ1v) is 13.1. The molecule has 12 heteroatoms. The summed E-state index contributed by atoms with van der Waals surface area (Å²) < 4.78 is 11.0. The van der Waals surface area contributed by atoms with Gasteiger partial charge < -0.3 is 30.3 Å². The van der Waals surface area contributed by atoms with Gasteiger partial charge in [0.2, 0.25) is 0 Å². The number of hydrogen-bond donors (Lipinski definition) is 4. The molecule has 0 heterocycles. The van der Waals surface area contributed by atoms with Crippen LogP contribution in [0.25, 0.3) is 0 Å². The number of ether oxygens (including phenoxy) is 2. The molecule has 8 nitrogen and oxygen atoms in total. The molecule has 0 aromatic heterocycles. The number of hydrogen-bond acceptors (Lipinski definition) is 8. The Balaban J connectivity index is 1.52. The molecule has 0 spiro atoms. The van der Waals surface area contributed by atoms with E-state index in [1.807, 2.05) is 12.1 Å². The predicted octanol–water partition coefficient (Wildman–Crippen LogP) is 4.57. The maximum absolute atomic E-state index is 10.1. The Labute approximate surface area is 236 Å². The average molecular weight is 590 g/mol. The summed E-state index contributed by atoms with van der Waals surface area (Å²) in [7, 11) is 0. The van der Waals surface area contributed by atoms with E-state index in [0.717, 1.165) is 32.4 Å². The lowest BCUT2D eigenvalue weighted by Gasteiger charge is -2.15. The summed E-state index contributed by atoms with van der Waals surface area (Å²) in [4.78, 5) is 0. The molecule has 0 bridgehead atoms. The van der Waals surface area contributed by atoms with E-state index in [1.165, 1.54) is 24.3 Å². The van der Waals surface area contributed by atoms with Gasteiger partial charge in [0, 0.05) is 23.1 Å². The second-order valence-electron chi connectivity index (χ2n) is 8.15. The highest BCUT2D eigenvalue weighted by Gasteiger charge is 2.14. The summed E-state index contributed by atoms with van der Waals surface area (Å²) in [6.45, 7) is 2.09. The molecule has 2 rings (SSSR count). The van der Waals surface area contributed by atoms with Crippen molar-refractivity contribution in [3.8, 4) is 23.6 Å². The van der Waals surface area contributed by atoms with Crippen molar-refractivity contribution in [1.82, 2.24) is 10.6 Å². The Morgan fingerprint density at radius 2 is 1.11 bits per heavy atom. The third-order valence-corrected chi connectivity index (χ3v) is 6.06. The average Bonchev–Trinajstić information content (AvgIpc) is 2.85. The van der Waals surface area contributed by atoms with Crippen LogP contribution in [0, 0.1) is 22.7 Å². The fourth-order valence-electron chi connectivity index (χ4n) is 3.27. The second kappa shape index (κ2) is 16.8. The molecule has 0 saturated carbocycles. The second-order valence-corrected chi connectivity index (χ2v) is 9.84. The van der Waals surface area contributed by atoms with Gasteiger partial charge in [0.25, 0.3) is 0 Å². The number of nitrogens with one attached hydrogen (secondary N) is 2. The molecule has 2 atom stereocenters. The van der Waals surface area contributed by atoms with Gasteiger partial charge in [0.05, 0.1) is 21.2 Å². The molecule has 0 aliphatic rings.